The number of nitrogens with zero attached hydrogens (tertiary/aromatic N) is 4. The molecule has 0 unspecified atom stereocenters. The van der Waals surface area contributed by atoms with Crippen LogP contribution in [0.2, 0.25) is 0 Å². The van der Waals surface area contributed by atoms with Gasteiger partial charge in [0.05, 0.1) is 30.2 Å². The minimum absolute atomic E-state index is 0.204. The molecule has 4 heterocycles. The van der Waals surface area contributed by atoms with Crippen molar-refractivity contribution in [2.75, 3.05) is 31.6 Å². The second-order valence-corrected chi connectivity index (χ2v) is 9.21. The van der Waals surface area contributed by atoms with Gasteiger partial charge in [0.25, 0.3) is 5.56 Å². The molecule has 2 aliphatic rings. The molecule has 0 saturated carbocycles. The van der Waals surface area contributed by atoms with Gasteiger partial charge in [0.2, 0.25) is 0 Å². The van der Waals surface area contributed by atoms with Gasteiger partial charge in [0.1, 0.15) is 5.39 Å². The fourth-order valence-electron chi connectivity index (χ4n) is 5.21. The number of likely N-dealkylation sites (tertiary alicyclic amines) is 1. The standard InChI is InChI=1S/C25H30N6O2/c1-18(30-14-2-3-15-30)19-5-7-20(8-6-19)28-23-22-21(9-13-27-24(22)32)31(29-23)25(11-12-26)10-4-16-33-17-25/h5-9,13,18H,2-4,10-11,14-17H2,1H3,(H,27,32)(H,28,29)/t18-,25+/m1/s1. The molecule has 2 aliphatic heterocycles. The second-order valence-electron chi connectivity index (χ2n) is 9.21. The van der Waals surface area contributed by atoms with Crippen LogP contribution in [-0.4, -0.2) is 46.0 Å². The van der Waals surface area contributed by atoms with Crippen molar-refractivity contribution in [3.8, 4) is 6.07 Å². The smallest absolute Gasteiger partial charge is 0.261 e. The van der Waals surface area contributed by atoms with Crippen LogP contribution in [0.4, 0.5) is 11.5 Å². The first-order chi connectivity index (χ1) is 16.1. The molecular formula is C25H30N6O2. The molecule has 8 heteroatoms. The zero-order chi connectivity index (χ0) is 22.8. The van der Waals surface area contributed by atoms with E-state index in [1.54, 1.807) is 6.20 Å². The van der Waals surface area contributed by atoms with Gasteiger partial charge in [-0.1, -0.05) is 12.1 Å². The molecule has 3 aromatic rings. The molecule has 8 nitrogen and oxygen atoms in total. The number of ether oxygens (including phenoxy) is 1. The highest BCUT2D eigenvalue weighted by Crippen LogP contribution is 2.35. The summed E-state index contributed by atoms with van der Waals surface area (Å²) in [5.74, 6) is 0.495. The lowest BCUT2D eigenvalue weighted by atomic mass is 9.89. The predicted molar refractivity (Wildman–Crippen MR) is 128 cm³/mol. The van der Waals surface area contributed by atoms with Gasteiger partial charge in [-0.15, -0.1) is 0 Å². The van der Waals surface area contributed by atoms with Crippen LogP contribution in [0.5, 0.6) is 0 Å². The van der Waals surface area contributed by atoms with Crippen molar-refractivity contribution in [1.82, 2.24) is 19.7 Å². The average molecular weight is 447 g/mol. The summed E-state index contributed by atoms with van der Waals surface area (Å²) >= 11 is 0. The molecule has 0 bridgehead atoms. The number of rotatable bonds is 6. The third-order valence-corrected chi connectivity index (χ3v) is 7.11. The lowest BCUT2D eigenvalue weighted by Crippen LogP contribution is -2.42. The molecule has 5 rings (SSSR count). The lowest BCUT2D eigenvalue weighted by Gasteiger charge is -2.35. The summed E-state index contributed by atoms with van der Waals surface area (Å²) in [6.45, 7) is 5.65. The minimum atomic E-state index is -0.575. The highest BCUT2D eigenvalue weighted by atomic mass is 16.5. The van der Waals surface area contributed by atoms with E-state index in [9.17, 15) is 10.1 Å². The molecule has 2 aromatic heterocycles. The number of nitrogens with one attached hydrogen (secondary N) is 2. The molecule has 2 N–H and O–H groups in total. The molecule has 0 aliphatic carbocycles. The first-order valence-electron chi connectivity index (χ1n) is 11.8. The van der Waals surface area contributed by atoms with E-state index in [0.29, 0.717) is 36.0 Å². The van der Waals surface area contributed by atoms with Gasteiger partial charge in [-0.3, -0.25) is 14.4 Å². The molecular weight excluding hydrogens is 416 g/mol. The summed E-state index contributed by atoms with van der Waals surface area (Å²) in [4.78, 5) is 18.1. The molecule has 0 amide bonds. The molecule has 172 valence electrons. The maximum atomic E-state index is 12.8. The number of hydrogen-bond acceptors (Lipinski definition) is 6. The van der Waals surface area contributed by atoms with Crippen molar-refractivity contribution in [2.24, 2.45) is 0 Å². The average Bonchev–Trinajstić information content (AvgIpc) is 3.50. The number of aromatic nitrogens is 3. The van der Waals surface area contributed by atoms with Gasteiger partial charge in [-0.2, -0.15) is 10.4 Å². The Bertz CT molecular complexity index is 1210. The van der Waals surface area contributed by atoms with E-state index in [4.69, 9.17) is 9.84 Å². The van der Waals surface area contributed by atoms with Gasteiger partial charge in [-0.05, 0) is 69.5 Å². The third kappa shape index (κ3) is 4.03. The van der Waals surface area contributed by atoms with E-state index in [1.807, 2.05) is 22.9 Å². The number of pyridine rings is 1. The number of H-pyrrole nitrogens is 1. The van der Waals surface area contributed by atoms with Gasteiger partial charge in [0.15, 0.2) is 5.82 Å². The number of hydrogen-bond donors (Lipinski definition) is 2. The van der Waals surface area contributed by atoms with Gasteiger partial charge in [-0.25, -0.2) is 0 Å². The number of nitriles is 1. The molecule has 0 radical (unpaired) electrons. The van der Waals surface area contributed by atoms with Crippen LogP contribution in [0.25, 0.3) is 10.9 Å². The summed E-state index contributed by atoms with van der Waals surface area (Å²) in [6.07, 6.45) is 6.08. The summed E-state index contributed by atoms with van der Waals surface area (Å²) in [7, 11) is 0. The van der Waals surface area contributed by atoms with E-state index in [2.05, 4.69) is 40.3 Å². The Morgan fingerprint density at radius 3 is 2.73 bits per heavy atom. The van der Waals surface area contributed by atoms with Crippen LogP contribution in [0.15, 0.2) is 41.3 Å². The van der Waals surface area contributed by atoms with Gasteiger partial charge < -0.3 is 15.0 Å². The molecule has 1 aromatic carbocycles. The Morgan fingerprint density at radius 1 is 1.24 bits per heavy atom. The van der Waals surface area contributed by atoms with Crippen LogP contribution in [0.1, 0.15) is 50.6 Å². The lowest BCUT2D eigenvalue weighted by molar-refractivity contribution is -0.00174. The second kappa shape index (κ2) is 9.00. The van der Waals surface area contributed by atoms with E-state index >= 15 is 0 Å². The Hall–Kier alpha value is -3.15. The maximum Gasteiger partial charge on any atom is 0.261 e. The van der Waals surface area contributed by atoms with Crippen LogP contribution in [-0.2, 0) is 10.3 Å². The van der Waals surface area contributed by atoms with Crippen molar-refractivity contribution in [3.05, 3.63) is 52.4 Å². The Labute approximate surface area is 193 Å². The van der Waals surface area contributed by atoms with E-state index in [1.165, 1.54) is 18.4 Å². The highest BCUT2D eigenvalue weighted by Gasteiger charge is 2.38. The van der Waals surface area contributed by atoms with E-state index < -0.39 is 5.54 Å². The highest BCUT2D eigenvalue weighted by molar-refractivity contribution is 5.91. The van der Waals surface area contributed by atoms with Crippen molar-refractivity contribution in [2.45, 2.75) is 50.6 Å². The fourth-order valence-corrected chi connectivity index (χ4v) is 5.21. The molecule has 33 heavy (non-hydrogen) atoms. The number of benzene rings is 1. The van der Waals surface area contributed by atoms with E-state index in [0.717, 1.165) is 31.6 Å². The zero-order valence-electron chi connectivity index (χ0n) is 19.0. The summed E-state index contributed by atoms with van der Waals surface area (Å²) < 4.78 is 7.59. The van der Waals surface area contributed by atoms with Crippen molar-refractivity contribution < 1.29 is 4.74 Å². The monoisotopic (exact) mass is 446 g/mol. The number of aromatic amines is 1. The third-order valence-electron chi connectivity index (χ3n) is 7.11. The largest absolute Gasteiger partial charge is 0.379 e. The summed E-state index contributed by atoms with van der Waals surface area (Å²) in [6, 6.07) is 12.9. The Morgan fingerprint density at radius 2 is 2.03 bits per heavy atom. The van der Waals surface area contributed by atoms with E-state index in [-0.39, 0.29) is 12.0 Å². The topological polar surface area (TPSA) is 99.0 Å². The number of fused-ring (bicyclic) bond motifs is 1. The quantitative estimate of drug-likeness (QED) is 0.593. The molecule has 0 spiro atoms. The molecule has 2 saturated heterocycles. The van der Waals surface area contributed by atoms with Crippen LogP contribution >= 0.6 is 0 Å². The van der Waals surface area contributed by atoms with Crippen molar-refractivity contribution in [3.63, 3.8) is 0 Å². The minimum Gasteiger partial charge on any atom is -0.379 e. The summed E-state index contributed by atoms with van der Waals surface area (Å²) in [5, 5.41) is 18.2. The SMILES string of the molecule is C[C@H](c1ccc(Nc2nn([C@]3(CC#N)CCCOC3)c3cc[nH]c(=O)c23)cc1)N1CCCC1. The Kier molecular flexibility index (Phi) is 5.92. The zero-order valence-corrected chi connectivity index (χ0v) is 19.0. The Balaban J connectivity index is 1.49. The molecule has 2 atom stereocenters. The fraction of sp³-hybridized carbons (Fsp3) is 0.480. The van der Waals surface area contributed by atoms with Crippen LogP contribution in [0.3, 0.4) is 0 Å². The maximum absolute atomic E-state index is 12.8. The number of anilines is 2. The first kappa shape index (κ1) is 21.7. The van der Waals surface area contributed by atoms with Gasteiger partial charge in [0, 0.05) is 24.5 Å². The van der Waals surface area contributed by atoms with Crippen LogP contribution in [0, 0.1) is 11.3 Å². The van der Waals surface area contributed by atoms with Crippen molar-refractivity contribution in [1.29, 1.82) is 5.26 Å². The van der Waals surface area contributed by atoms with Crippen molar-refractivity contribution >= 4 is 22.4 Å². The predicted octanol–water partition coefficient (Wildman–Crippen LogP) is 4.04. The normalized spacial score (nSPS) is 22.3. The first-order valence-corrected chi connectivity index (χ1v) is 11.8. The summed E-state index contributed by atoms with van der Waals surface area (Å²) in [5.41, 5.74) is 2.08. The van der Waals surface area contributed by atoms with Gasteiger partial charge >= 0.3 is 0 Å². The van der Waals surface area contributed by atoms with Crippen LogP contribution < -0.4 is 10.9 Å². The molecule has 2 fully saturated rings.